The molecule has 216 valence electrons. The molecular weight excluding hydrogens is 508 g/mol. The van der Waals surface area contributed by atoms with Gasteiger partial charge in [-0.25, -0.2) is 4.79 Å². The van der Waals surface area contributed by atoms with Crippen LogP contribution in [0.25, 0.3) is 0 Å². The van der Waals surface area contributed by atoms with Crippen LogP contribution < -0.4 is 20.3 Å². The van der Waals surface area contributed by atoms with Gasteiger partial charge in [-0.2, -0.15) is 0 Å². The number of alkyl carbamates (subject to hydrolysis) is 1. The van der Waals surface area contributed by atoms with Crippen molar-refractivity contribution in [3.8, 4) is 5.75 Å². The SMILES string of the molecule is CC(C)(C)OC(=O)NCCCCNC(=O)c1ccccc1C1CCN(CCN2C(=O)COc3ccccc32)CC1. The maximum atomic E-state index is 13.0. The molecule has 9 nitrogen and oxygen atoms in total. The number of piperidine rings is 1. The number of fused-ring (bicyclic) bond motifs is 1. The molecule has 2 aliphatic heterocycles. The molecule has 0 bridgehead atoms. The summed E-state index contributed by atoms with van der Waals surface area (Å²) in [5.41, 5.74) is 2.16. The van der Waals surface area contributed by atoms with Gasteiger partial charge in [0.05, 0.1) is 5.69 Å². The molecule has 0 radical (unpaired) electrons. The van der Waals surface area contributed by atoms with E-state index in [1.807, 2.05) is 68.1 Å². The number of ether oxygens (including phenoxy) is 2. The summed E-state index contributed by atoms with van der Waals surface area (Å²) < 4.78 is 10.8. The second-order valence-electron chi connectivity index (χ2n) is 11.4. The number of hydrogen-bond donors (Lipinski definition) is 2. The Morgan fingerprint density at radius 2 is 1.62 bits per heavy atom. The van der Waals surface area contributed by atoms with Gasteiger partial charge in [0.1, 0.15) is 11.4 Å². The fourth-order valence-corrected chi connectivity index (χ4v) is 5.22. The predicted octanol–water partition coefficient (Wildman–Crippen LogP) is 4.33. The number of hydrogen-bond acceptors (Lipinski definition) is 6. The van der Waals surface area contributed by atoms with E-state index in [0.29, 0.717) is 25.6 Å². The number of rotatable bonds is 10. The summed E-state index contributed by atoms with van der Waals surface area (Å²) in [4.78, 5) is 41.5. The lowest BCUT2D eigenvalue weighted by atomic mass is 9.86. The molecule has 0 atom stereocenters. The highest BCUT2D eigenvalue weighted by Crippen LogP contribution is 2.33. The number of para-hydroxylation sites is 2. The average molecular weight is 551 g/mol. The molecule has 0 aromatic heterocycles. The normalized spacial score (nSPS) is 16.2. The standard InChI is InChI=1S/C31H42N4O5/c1-31(2,3)40-30(38)33-17-9-8-16-32-29(37)25-11-5-4-10-24(25)23-14-18-34(19-15-23)20-21-35-26-12-6-7-13-27(26)39-22-28(35)36/h4-7,10-13,23H,8-9,14-22H2,1-3H3,(H,32,37)(H,33,38). The average Bonchev–Trinajstić information content (AvgIpc) is 2.93. The van der Waals surface area contributed by atoms with Gasteiger partial charge in [-0.05, 0) is 89.2 Å². The van der Waals surface area contributed by atoms with Crippen molar-refractivity contribution in [2.45, 2.75) is 58.0 Å². The third-order valence-corrected chi connectivity index (χ3v) is 7.24. The minimum absolute atomic E-state index is 0.00664. The Kier molecular flexibility index (Phi) is 10.0. The van der Waals surface area contributed by atoms with Gasteiger partial charge < -0.3 is 29.9 Å². The van der Waals surface area contributed by atoms with Gasteiger partial charge in [0.15, 0.2) is 6.61 Å². The van der Waals surface area contributed by atoms with E-state index in [1.54, 1.807) is 0 Å². The third kappa shape index (κ3) is 8.21. The summed E-state index contributed by atoms with van der Waals surface area (Å²) in [5.74, 6) is 1.02. The third-order valence-electron chi connectivity index (χ3n) is 7.24. The molecule has 2 aromatic rings. The molecule has 1 fully saturated rings. The quantitative estimate of drug-likeness (QED) is 0.428. The van der Waals surface area contributed by atoms with Crippen LogP contribution in [0.3, 0.4) is 0 Å². The first-order valence-corrected chi connectivity index (χ1v) is 14.3. The first-order chi connectivity index (χ1) is 19.2. The van der Waals surface area contributed by atoms with E-state index in [2.05, 4.69) is 21.6 Å². The highest BCUT2D eigenvalue weighted by Gasteiger charge is 2.28. The van der Waals surface area contributed by atoms with Crippen LogP contribution in [-0.4, -0.2) is 74.3 Å². The highest BCUT2D eigenvalue weighted by molar-refractivity contribution is 5.98. The van der Waals surface area contributed by atoms with Crippen LogP contribution in [0.15, 0.2) is 48.5 Å². The number of benzene rings is 2. The number of carbonyl (C=O) groups is 3. The van der Waals surface area contributed by atoms with E-state index in [0.717, 1.165) is 67.9 Å². The fourth-order valence-electron chi connectivity index (χ4n) is 5.22. The van der Waals surface area contributed by atoms with E-state index in [1.165, 1.54) is 0 Å². The largest absolute Gasteiger partial charge is 0.482 e. The van der Waals surface area contributed by atoms with E-state index in [-0.39, 0.29) is 18.4 Å². The van der Waals surface area contributed by atoms with Crippen molar-refractivity contribution in [2.24, 2.45) is 0 Å². The van der Waals surface area contributed by atoms with Crippen molar-refractivity contribution < 1.29 is 23.9 Å². The summed E-state index contributed by atoms with van der Waals surface area (Å²) in [6.07, 6.45) is 3.03. The first kappa shape index (κ1) is 29.4. The lowest BCUT2D eigenvalue weighted by Gasteiger charge is -2.35. The molecule has 2 aromatic carbocycles. The molecule has 2 N–H and O–H groups in total. The molecule has 0 unspecified atom stereocenters. The molecule has 40 heavy (non-hydrogen) atoms. The molecule has 0 saturated carbocycles. The topological polar surface area (TPSA) is 100 Å². The molecule has 0 aliphatic carbocycles. The number of nitrogens with zero attached hydrogens (tertiary/aromatic N) is 2. The second kappa shape index (κ2) is 13.7. The zero-order chi connectivity index (χ0) is 28.5. The maximum absolute atomic E-state index is 13.0. The summed E-state index contributed by atoms with van der Waals surface area (Å²) >= 11 is 0. The van der Waals surface area contributed by atoms with Gasteiger partial charge in [0, 0.05) is 31.7 Å². The zero-order valence-electron chi connectivity index (χ0n) is 23.9. The Morgan fingerprint density at radius 3 is 2.38 bits per heavy atom. The lowest BCUT2D eigenvalue weighted by molar-refractivity contribution is -0.121. The van der Waals surface area contributed by atoms with Crippen LogP contribution >= 0.6 is 0 Å². The second-order valence-corrected chi connectivity index (χ2v) is 11.4. The van der Waals surface area contributed by atoms with Crippen LogP contribution in [0.1, 0.15) is 68.3 Å². The molecule has 4 rings (SSSR count). The molecular formula is C31H42N4O5. The van der Waals surface area contributed by atoms with Crippen molar-refractivity contribution in [2.75, 3.05) is 50.8 Å². The molecule has 3 amide bonds. The Morgan fingerprint density at radius 1 is 0.950 bits per heavy atom. The highest BCUT2D eigenvalue weighted by atomic mass is 16.6. The number of carbonyl (C=O) groups excluding carboxylic acids is 3. The van der Waals surface area contributed by atoms with Gasteiger partial charge in [-0.15, -0.1) is 0 Å². The number of amides is 3. The Bertz CT molecular complexity index is 1170. The Labute approximate surface area is 237 Å². The van der Waals surface area contributed by atoms with Crippen LogP contribution in [0.4, 0.5) is 10.5 Å². The number of likely N-dealkylation sites (tertiary alicyclic amines) is 1. The number of anilines is 1. The Balaban J connectivity index is 1.20. The molecule has 2 aliphatic rings. The van der Waals surface area contributed by atoms with Crippen molar-refractivity contribution in [3.63, 3.8) is 0 Å². The summed E-state index contributed by atoms with van der Waals surface area (Å²) in [5, 5.41) is 5.79. The van der Waals surface area contributed by atoms with Gasteiger partial charge in [-0.1, -0.05) is 30.3 Å². The van der Waals surface area contributed by atoms with Gasteiger partial charge in [0.25, 0.3) is 11.8 Å². The minimum Gasteiger partial charge on any atom is -0.482 e. The first-order valence-electron chi connectivity index (χ1n) is 14.3. The fraction of sp³-hybridized carbons (Fsp3) is 0.516. The van der Waals surface area contributed by atoms with E-state index < -0.39 is 11.7 Å². The summed E-state index contributed by atoms with van der Waals surface area (Å²) in [6, 6.07) is 15.6. The lowest BCUT2D eigenvalue weighted by Crippen LogP contribution is -2.45. The van der Waals surface area contributed by atoms with Crippen molar-refractivity contribution in [1.82, 2.24) is 15.5 Å². The minimum atomic E-state index is -0.516. The van der Waals surface area contributed by atoms with Gasteiger partial charge in [0.2, 0.25) is 0 Å². The predicted molar refractivity (Wildman–Crippen MR) is 155 cm³/mol. The van der Waals surface area contributed by atoms with Crippen LogP contribution in [0.5, 0.6) is 5.75 Å². The summed E-state index contributed by atoms with van der Waals surface area (Å²) in [7, 11) is 0. The molecule has 9 heteroatoms. The van der Waals surface area contributed by atoms with Gasteiger partial charge in [-0.3, -0.25) is 9.59 Å². The van der Waals surface area contributed by atoms with E-state index in [4.69, 9.17) is 9.47 Å². The van der Waals surface area contributed by atoms with Crippen molar-refractivity contribution in [1.29, 1.82) is 0 Å². The van der Waals surface area contributed by atoms with Crippen LogP contribution in [-0.2, 0) is 9.53 Å². The Hall–Kier alpha value is -3.59. The van der Waals surface area contributed by atoms with Crippen LogP contribution in [0, 0.1) is 0 Å². The van der Waals surface area contributed by atoms with Crippen molar-refractivity contribution in [3.05, 3.63) is 59.7 Å². The zero-order valence-corrected chi connectivity index (χ0v) is 23.9. The van der Waals surface area contributed by atoms with Crippen LogP contribution in [0.2, 0.25) is 0 Å². The molecule has 0 spiro atoms. The maximum Gasteiger partial charge on any atom is 0.407 e. The number of unbranched alkanes of at least 4 members (excludes halogenated alkanes) is 1. The van der Waals surface area contributed by atoms with Crippen molar-refractivity contribution >= 4 is 23.6 Å². The smallest absolute Gasteiger partial charge is 0.407 e. The van der Waals surface area contributed by atoms with Gasteiger partial charge >= 0.3 is 6.09 Å². The van der Waals surface area contributed by atoms with E-state index >= 15 is 0 Å². The molecule has 1 saturated heterocycles. The number of nitrogens with one attached hydrogen (secondary N) is 2. The monoisotopic (exact) mass is 550 g/mol. The van der Waals surface area contributed by atoms with E-state index in [9.17, 15) is 14.4 Å². The molecule has 2 heterocycles. The summed E-state index contributed by atoms with van der Waals surface area (Å²) in [6.45, 7) is 9.91.